The number of hydrogen-bond acceptors (Lipinski definition) is 5. The average Bonchev–Trinajstić information content (AvgIpc) is 2.42. The van der Waals surface area contributed by atoms with E-state index in [1.54, 1.807) is 0 Å². The zero-order chi connectivity index (χ0) is 17.6. The van der Waals surface area contributed by atoms with Gasteiger partial charge < -0.3 is 5.32 Å². The van der Waals surface area contributed by atoms with Gasteiger partial charge in [0.15, 0.2) is 0 Å². The van der Waals surface area contributed by atoms with E-state index in [1.165, 1.54) is 6.07 Å². The minimum atomic E-state index is -4.12. The van der Waals surface area contributed by atoms with Crippen LogP contribution < -0.4 is 15.2 Å². The molecule has 4 N–H and O–H groups in total. The molecule has 3 atom stereocenters. The maximum absolute atomic E-state index is 12.5. The van der Waals surface area contributed by atoms with Crippen molar-refractivity contribution in [2.24, 2.45) is 17.0 Å². The molecule has 2 rings (SSSR count). The van der Waals surface area contributed by atoms with Crippen LogP contribution in [0.3, 0.4) is 0 Å². The third-order valence-electron chi connectivity index (χ3n) is 4.29. The predicted octanol–water partition coefficient (Wildman–Crippen LogP) is 1.70. The van der Waals surface area contributed by atoms with E-state index in [9.17, 15) is 16.8 Å². The molecule has 1 heterocycles. The summed E-state index contributed by atoms with van der Waals surface area (Å²) in [4.78, 5) is -0.600. The first kappa shape index (κ1) is 18.5. The Morgan fingerprint density at radius 1 is 1.35 bits per heavy atom. The van der Waals surface area contributed by atoms with Gasteiger partial charge >= 0.3 is 0 Å². The molecule has 1 aliphatic heterocycles. The van der Waals surface area contributed by atoms with Crippen LogP contribution in [0.5, 0.6) is 0 Å². The molecule has 0 saturated carbocycles. The molecule has 1 aromatic carbocycles. The minimum Gasteiger partial charge on any atom is -0.368 e. The zero-order valence-corrected chi connectivity index (χ0v) is 15.4. The predicted molar refractivity (Wildman–Crippen MR) is 89.2 cm³/mol. The Morgan fingerprint density at radius 2 is 1.96 bits per heavy atom. The lowest BCUT2D eigenvalue weighted by atomic mass is 9.91. The summed E-state index contributed by atoms with van der Waals surface area (Å²) in [7, 11) is -7.99. The van der Waals surface area contributed by atoms with E-state index in [-0.39, 0.29) is 27.4 Å². The molecule has 1 aromatic rings. The van der Waals surface area contributed by atoms with Crippen LogP contribution in [0.1, 0.15) is 27.2 Å². The van der Waals surface area contributed by atoms with Gasteiger partial charge in [-0.05, 0) is 24.0 Å². The number of anilines is 1. The van der Waals surface area contributed by atoms with Crippen molar-refractivity contribution in [3.8, 4) is 0 Å². The fourth-order valence-electron chi connectivity index (χ4n) is 2.45. The molecule has 7 nitrogen and oxygen atoms in total. The summed E-state index contributed by atoms with van der Waals surface area (Å²) >= 11 is 5.94. The van der Waals surface area contributed by atoms with Crippen molar-refractivity contribution >= 4 is 37.3 Å². The molecule has 0 aromatic heterocycles. The first-order chi connectivity index (χ1) is 10.5. The number of nitrogens with two attached hydrogens (primary N) is 1. The first-order valence-corrected chi connectivity index (χ1v) is 10.5. The summed E-state index contributed by atoms with van der Waals surface area (Å²) in [6.07, 6.45) is 0.401. The lowest BCUT2D eigenvalue weighted by molar-refractivity contribution is 0.318. The third-order valence-corrected chi connectivity index (χ3v) is 7.15. The highest BCUT2D eigenvalue weighted by atomic mass is 35.5. The molecule has 1 aliphatic rings. The van der Waals surface area contributed by atoms with Crippen LogP contribution in [0.15, 0.2) is 21.9 Å². The van der Waals surface area contributed by atoms with E-state index in [1.807, 2.05) is 20.8 Å². The summed E-state index contributed by atoms with van der Waals surface area (Å²) in [6, 6.07) is 2.26. The van der Waals surface area contributed by atoms with Crippen molar-refractivity contribution in [2.75, 3.05) is 5.32 Å². The third kappa shape index (κ3) is 3.63. The van der Waals surface area contributed by atoms with Gasteiger partial charge in [-0.3, -0.25) is 0 Å². The molecule has 0 amide bonds. The SMILES string of the molecule is CC[C@H](C)[C@@H](C)[C@@H]1Nc2cc(Cl)c(S(N)(=O)=O)cc2S(=O)(=O)N1. The number of hydrogen-bond donors (Lipinski definition) is 3. The Morgan fingerprint density at radius 3 is 2.48 bits per heavy atom. The normalized spacial score (nSPS) is 22.7. The highest BCUT2D eigenvalue weighted by Gasteiger charge is 2.35. The molecule has 0 spiro atoms. The zero-order valence-electron chi connectivity index (χ0n) is 13.0. The minimum absolute atomic E-state index is 0.0274. The van der Waals surface area contributed by atoms with Gasteiger partial charge in [0.2, 0.25) is 20.0 Å². The van der Waals surface area contributed by atoms with Crippen LogP contribution >= 0.6 is 11.6 Å². The first-order valence-electron chi connectivity index (χ1n) is 7.12. The van der Waals surface area contributed by atoms with Crippen molar-refractivity contribution in [3.63, 3.8) is 0 Å². The summed E-state index contributed by atoms with van der Waals surface area (Å²) in [5.74, 6) is 0.315. The average molecular weight is 382 g/mol. The van der Waals surface area contributed by atoms with E-state index in [0.717, 1.165) is 12.5 Å². The van der Waals surface area contributed by atoms with Crippen molar-refractivity contribution in [2.45, 2.75) is 43.1 Å². The van der Waals surface area contributed by atoms with Gasteiger partial charge in [-0.2, -0.15) is 4.72 Å². The Hall–Kier alpha value is -0.870. The summed E-state index contributed by atoms with van der Waals surface area (Å²) in [6.45, 7) is 6.01. The summed E-state index contributed by atoms with van der Waals surface area (Å²) in [5.41, 5.74) is 0.265. The number of halogens is 1. The van der Waals surface area contributed by atoms with Gasteiger partial charge in [-0.25, -0.2) is 22.0 Å². The van der Waals surface area contributed by atoms with Gasteiger partial charge in [-0.15, -0.1) is 0 Å². The van der Waals surface area contributed by atoms with Crippen LogP contribution in [-0.4, -0.2) is 23.0 Å². The number of rotatable bonds is 4. The molecule has 0 bridgehead atoms. The van der Waals surface area contributed by atoms with E-state index < -0.39 is 31.1 Å². The lowest BCUT2D eigenvalue weighted by Crippen LogP contribution is -2.49. The quantitative estimate of drug-likeness (QED) is 0.733. The molecular weight excluding hydrogens is 362 g/mol. The monoisotopic (exact) mass is 381 g/mol. The lowest BCUT2D eigenvalue weighted by Gasteiger charge is -2.34. The molecule has 0 aliphatic carbocycles. The molecule has 130 valence electrons. The number of nitrogens with one attached hydrogen (secondary N) is 2. The standard InChI is InChI=1S/C13H20ClN3O4S2/c1-4-7(2)8(3)13-16-10-5-9(14)11(22(15,18)19)6-12(10)23(20,21)17-13/h5-8,13,16-17H,4H2,1-3H3,(H2,15,18,19)/t7-,8+,13+/m0/s1. The maximum atomic E-state index is 12.5. The number of fused-ring (bicyclic) bond motifs is 1. The van der Waals surface area contributed by atoms with Crippen molar-refractivity contribution in [1.82, 2.24) is 4.72 Å². The van der Waals surface area contributed by atoms with Gasteiger partial charge in [0.25, 0.3) is 0 Å². The van der Waals surface area contributed by atoms with Crippen molar-refractivity contribution < 1.29 is 16.8 Å². The van der Waals surface area contributed by atoms with E-state index in [0.29, 0.717) is 0 Å². The molecular formula is C13H20ClN3O4S2. The highest BCUT2D eigenvalue weighted by Crippen LogP contribution is 2.35. The Balaban J connectivity index is 2.53. The molecule has 0 unspecified atom stereocenters. The van der Waals surface area contributed by atoms with Crippen LogP contribution in [0.25, 0.3) is 0 Å². The van der Waals surface area contributed by atoms with Crippen LogP contribution in [0, 0.1) is 11.8 Å². The second-order valence-electron chi connectivity index (χ2n) is 5.81. The number of sulfonamides is 2. The topological polar surface area (TPSA) is 118 Å². The fraction of sp³-hybridized carbons (Fsp3) is 0.538. The summed E-state index contributed by atoms with van der Waals surface area (Å²) < 4.78 is 50.5. The van der Waals surface area contributed by atoms with Crippen molar-refractivity contribution in [1.29, 1.82) is 0 Å². The van der Waals surface area contributed by atoms with Gasteiger partial charge in [0.1, 0.15) is 9.79 Å². The molecule has 10 heteroatoms. The molecule has 0 radical (unpaired) electrons. The van der Waals surface area contributed by atoms with Crippen molar-refractivity contribution in [3.05, 3.63) is 17.2 Å². The number of benzene rings is 1. The molecule has 0 saturated heterocycles. The second kappa shape index (κ2) is 6.21. The highest BCUT2D eigenvalue weighted by molar-refractivity contribution is 7.90. The maximum Gasteiger partial charge on any atom is 0.244 e. The van der Waals surface area contributed by atoms with Gasteiger partial charge in [0.05, 0.1) is 16.9 Å². The van der Waals surface area contributed by atoms with Gasteiger partial charge in [-0.1, -0.05) is 38.8 Å². The Bertz CT molecular complexity index is 824. The van der Waals surface area contributed by atoms with E-state index in [4.69, 9.17) is 16.7 Å². The van der Waals surface area contributed by atoms with E-state index in [2.05, 4.69) is 10.0 Å². The second-order valence-corrected chi connectivity index (χ2v) is 9.43. The van der Waals surface area contributed by atoms with Crippen LogP contribution in [0.2, 0.25) is 5.02 Å². The largest absolute Gasteiger partial charge is 0.368 e. The molecule has 0 fully saturated rings. The molecule has 23 heavy (non-hydrogen) atoms. The van der Waals surface area contributed by atoms with E-state index >= 15 is 0 Å². The summed E-state index contributed by atoms with van der Waals surface area (Å²) in [5, 5.41) is 8.02. The Kier molecular flexibility index (Phi) is 4.99. The van der Waals surface area contributed by atoms with Crippen LogP contribution in [-0.2, 0) is 20.0 Å². The smallest absolute Gasteiger partial charge is 0.244 e. The number of primary sulfonamides is 1. The Labute approximate surface area is 141 Å². The van der Waals surface area contributed by atoms with Gasteiger partial charge in [0, 0.05) is 0 Å². The fourth-order valence-corrected chi connectivity index (χ4v) is 5.04. The van der Waals surface area contributed by atoms with Crippen LogP contribution in [0.4, 0.5) is 5.69 Å².